The van der Waals surface area contributed by atoms with Gasteiger partial charge in [-0.2, -0.15) is 0 Å². The summed E-state index contributed by atoms with van der Waals surface area (Å²) in [7, 11) is 0. The van der Waals surface area contributed by atoms with E-state index >= 15 is 0 Å². The predicted molar refractivity (Wildman–Crippen MR) is 84.1 cm³/mol. The van der Waals surface area contributed by atoms with Crippen LogP contribution >= 0.6 is 23.7 Å². The van der Waals surface area contributed by atoms with Crippen LogP contribution in [-0.4, -0.2) is 9.97 Å². The monoisotopic (exact) mass is 307 g/mol. The zero-order valence-corrected chi connectivity index (χ0v) is 12.7. The van der Waals surface area contributed by atoms with Crippen LogP contribution in [-0.2, 0) is 0 Å². The highest BCUT2D eigenvalue weighted by Gasteiger charge is 2.11. The number of thiazole rings is 1. The Morgan fingerprint density at radius 3 is 2.75 bits per heavy atom. The van der Waals surface area contributed by atoms with E-state index in [1.807, 2.05) is 43.5 Å². The maximum absolute atomic E-state index is 5.53. The van der Waals surface area contributed by atoms with Crippen molar-refractivity contribution in [3.05, 3.63) is 47.4 Å². The quantitative estimate of drug-likeness (QED) is 0.769. The minimum Gasteiger partial charge on any atom is -0.466 e. The summed E-state index contributed by atoms with van der Waals surface area (Å²) in [4.78, 5) is 8.77. The molecule has 3 aromatic rings. The zero-order valence-electron chi connectivity index (χ0n) is 11.1. The van der Waals surface area contributed by atoms with Gasteiger partial charge < -0.3 is 9.73 Å². The first-order valence-corrected chi connectivity index (χ1v) is 6.81. The Balaban J connectivity index is 0.00000147. The first kappa shape index (κ1) is 14.6. The van der Waals surface area contributed by atoms with E-state index in [0.717, 1.165) is 33.7 Å². The largest absolute Gasteiger partial charge is 0.466 e. The Morgan fingerprint density at radius 2 is 2.10 bits per heavy atom. The minimum atomic E-state index is 0. The van der Waals surface area contributed by atoms with Crippen LogP contribution in [0.15, 0.2) is 40.3 Å². The average molecular weight is 308 g/mol. The first-order chi connectivity index (χ1) is 9.22. The van der Waals surface area contributed by atoms with Gasteiger partial charge in [-0.1, -0.05) is 6.07 Å². The molecule has 0 fully saturated rings. The summed E-state index contributed by atoms with van der Waals surface area (Å²) in [6.45, 7) is 3.89. The van der Waals surface area contributed by atoms with E-state index in [4.69, 9.17) is 4.42 Å². The van der Waals surface area contributed by atoms with Gasteiger partial charge in [-0.15, -0.1) is 23.7 Å². The minimum absolute atomic E-state index is 0. The molecular weight excluding hydrogens is 294 g/mol. The molecule has 0 aromatic carbocycles. The second kappa shape index (κ2) is 6.07. The first-order valence-electron chi connectivity index (χ1n) is 5.93. The Hall–Kier alpha value is -1.85. The lowest BCUT2D eigenvalue weighted by molar-refractivity contribution is 0.505. The number of anilines is 2. The lowest BCUT2D eigenvalue weighted by atomic mass is 10.2. The number of rotatable bonds is 3. The summed E-state index contributed by atoms with van der Waals surface area (Å²) in [5.74, 6) is 2.59. The van der Waals surface area contributed by atoms with Crippen LogP contribution in [0.5, 0.6) is 0 Å². The molecule has 3 heterocycles. The number of aromatic nitrogens is 2. The average Bonchev–Trinajstić information content (AvgIpc) is 2.97. The molecule has 0 saturated carbocycles. The van der Waals surface area contributed by atoms with Crippen molar-refractivity contribution in [3.8, 4) is 11.3 Å². The number of aryl methyl sites for hydroxylation is 2. The highest BCUT2D eigenvalue weighted by atomic mass is 35.5. The third kappa shape index (κ3) is 3.00. The second-order valence-electron chi connectivity index (χ2n) is 4.20. The molecule has 0 amide bonds. The predicted octanol–water partition coefficient (Wildman–Crippen LogP) is 4.58. The second-order valence-corrected chi connectivity index (χ2v) is 5.06. The molecule has 3 aromatic heterocycles. The molecular formula is C14H14ClN3OS. The van der Waals surface area contributed by atoms with E-state index in [0.29, 0.717) is 0 Å². The number of nitrogens with one attached hydrogen (secondary N) is 1. The molecule has 0 unspecified atom stereocenters. The molecule has 0 radical (unpaired) electrons. The van der Waals surface area contributed by atoms with Crippen molar-refractivity contribution in [1.82, 2.24) is 9.97 Å². The Labute approximate surface area is 127 Å². The van der Waals surface area contributed by atoms with Gasteiger partial charge in [-0.25, -0.2) is 9.97 Å². The van der Waals surface area contributed by atoms with E-state index in [-0.39, 0.29) is 12.4 Å². The summed E-state index contributed by atoms with van der Waals surface area (Å²) < 4.78 is 5.53. The van der Waals surface area contributed by atoms with Crippen molar-refractivity contribution in [3.63, 3.8) is 0 Å². The Kier molecular flexibility index (Phi) is 4.42. The molecule has 6 heteroatoms. The van der Waals surface area contributed by atoms with Crippen LogP contribution in [0.25, 0.3) is 11.3 Å². The number of hydrogen-bond acceptors (Lipinski definition) is 5. The van der Waals surface area contributed by atoms with E-state index in [2.05, 4.69) is 15.3 Å². The number of hydrogen-bond donors (Lipinski definition) is 1. The molecule has 1 N–H and O–H groups in total. The van der Waals surface area contributed by atoms with Gasteiger partial charge in [0.05, 0.1) is 5.69 Å². The van der Waals surface area contributed by atoms with Crippen molar-refractivity contribution in [2.75, 3.05) is 5.32 Å². The van der Waals surface area contributed by atoms with Crippen LogP contribution < -0.4 is 5.32 Å². The van der Waals surface area contributed by atoms with Crippen molar-refractivity contribution in [1.29, 1.82) is 0 Å². The van der Waals surface area contributed by atoms with E-state index in [1.54, 1.807) is 17.5 Å². The molecule has 0 atom stereocenters. The Bertz CT molecular complexity index is 694. The third-order valence-corrected chi connectivity index (χ3v) is 3.48. The standard InChI is InChI=1S/C14H13N3OS.ClH/c1-9-7-11(10(2)18-9)12-8-19-14(16-12)17-13-5-3-4-6-15-13;/h3-8H,1-2H3,(H,15,16,17);1H. The fraction of sp³-hybridized carbons (Fsp3) is 0.143. The van der Waals surface area contributed by atoms with Gasteiger partial charge in [0.15, 0.2) is 5.13 Å². The topological polar surface area (TPSA) is 51.0 Å². The summed E-state index contributed by atoms with van der Waals surface area (Å²) >= 11 is 1.55. The number of halogens is 1. The number of furan rings is 1. The van der Waals surface area contributed by atoms with Crippen molar-refractivity contribution < 1.29 is 4.42 Å². The lowest BCUT2D eigenvalue weighted by Gasteiger charge is -1.99. The van der Waals surface area contributed by atoms with Crippen LogP contribution in [0, 0.1) is 13.8 Å². The van der Waals surface area contributed by atoms with Crippen molar-refractivity contribution >= 4 is 34.7 Å². The van der Waals surface area contributed by atoms with Crippen LogP contribution in [0.3, 0.4) is 0 Å². The van der Waals surface area contributed by atoms with Crippen LogP contribution in [0.1, 0.15) is 11.5 Å². The lowest BCUT2D eigenvalue weighted by Crippen LogP contribution is -1.91. The molecule has 0 spiro atoms. The highest BCUT2D eigenvalue weighted by molar-refractivity contribution is 7.14. The van der Waals surface area contributed by atoms with Crippen LogP contribution in [0.2, 0.25) is 0 Å². The molecule has 0 aliphatic carbocycles. The molecule has 20 heavy (non-hydrogen) atoms. The van der Waals surface area contributed by atoms with E-state index in [9.17, 15) is 0 Å². The van der Waals surface area contributed by atoms with Crippen molar-refractivity contribution in [2.24, 2.45) is 0 Å². The number of nitrogens with zero attached hydrogens (tertiary/aromatic N) is 2. The summed E-state index contributed by atoms with van der Waals surface area (Å²) in [6.07, 6.45) is 1.75. The maximum atomic E-state index is 5.53. The molecule has 3 rings (SSSR count). The van der Waals surface area contributed by atoms with Gasteiger partial charge in [0, 0.05) is 17.1 Å². The molecule has 0 bridgehead atoms. The van der Waals surface area contributed by atoms with Crippen LogP contribution in [0.4, 0.5) is 10.9 Å². The van der Waals surface area contributed by atoms with Gasteiger partial charge >= 0.3 is 0 Å². The zero-order chi connectivity index (χ0) is 13.2. The molecule has 0 saturated heterocycles. The SMILES string of the molecule is Cc1cc(-c2csc(Nc3ccccn3)n2)c(C)o1.Cl. The Morgan fingerprint density at radius 1 is 1.25 bits per heavy atom. The van der Waals surface area contributed by atoms with E-state index < -0.39 is 0 Å². The van der Waals surface area contributed by atoms with Gasteiger partial charge in [0.1, 0.15) is 17.3 Å². The maximum Gasteiger partial charge on any atom is 0.188 e. The normalized spacial score (nSPS) is 10.1. The molecule has 4 nitrogen and oxygen atoms in total. The summed E-state index contributed by atoms with van der Waals surface area (Å²) in [5.41, 5.74) is 1.97. The third-order valence-electron chi connectivity index (χ3n) is 2.72. The van der Waals surface area contributed by atoms with Gasteiger partial charge in [-0.3, -0.25) is 0 Å². The van der Waals surface area contributed by atoms with Gasteiger partial charge in [0.25, 0.3) is 0 Å². The fourth-order valence-electron chi connectivity index (χ4n) is 1.89. The van der Waals surface area contributed by atoms with Gasteiger partial charge in [-0.05, 0) is 32.0 Å². The molecule has 0 aliphatic heterocycles. The van der Waals surface area contributed by atoms with Gasteiger partial charge in [0.2, 0.25) is 0 Å². The fourth-order valence-corrected chi connectivity index (χ4v) is 2.60. The summed E-state index contributed by atoms with van der Waals surface area (Å²) in [5, 5.41) is 6.03. The smallest absolute Gasteiger partial charge is 0.188 e. The summed E-state index contributed by atoms with van der Waals surface area (Å²) in [6, 6.07) is 7.74. The van der Waals surface area contributed by atoms with E-state index in [1.165, 1.54) is 0 Å². The highest BCUT2D eigenvalue weighted by Crippen LogP contribution is 2.30. The van der Waals surface area contributed by atoms with Crippen molar-refractivity contribution in [2.45, 2.75) is 13.8 Å². The molecule has 104 valence electrons. The number of pyridine rings is 1. The molecule has 0 aliphatic rings.